The number of carbonyl (C=O) groups excluding carboxylic acids is 1. The minimum atomic E-state index is 0.412. The van der Waals surface area contributed by atoms with Gasteiger partial charge >= 0.3 is 0 Å². The highest BCUT2D eigenvalue weighted by molar-refractivity contribution is 6.30. The molecule has 0 saturated heterocycles. The van der Waals surface area contributed by atoms with Crippen molar-refractivity contribution in [3.8, 4) is 0 Å². The Morgan fingerprint density at radius 1 is 1.22 bits per heavy atom. The first-order valence-corrected chi connectivity index (χ1v) is 9.85. The Morgan fingerprint density at radius 3 is 2.00 bits per heavy atom. The maximum absolute atomic E-state index is 9.47. The number of nitrogens with zero attached hydrogens (tertiary/aromatic N) is 2. The van der Waals surface area contributed by atoms with Crippen molar-refractivity contribution in [1.82, 2.24) is 10.4 Å². The molecule has 0 spiro atoms. The number of carbonyl (C=O) groups is 1. The molecule has 1 aromatic carbocycles. The summed E-state index contributed by atoms with van der Waals surface area (Å²) in [6, 6.07) is 7.50. The van der Waals surface area contributed by atoms with Crippen molar-refractivity contribution in [2.45, 2.75) is 20.3 Å². The van der Waals surface area contributed by atoms with Crippen LogP contribution in [0.2, 0.25) is 5.02 Å². The van der Waals surface area contributed by atoms with E-state index in [1.165, 1.54) is 13.3 Å². The molecule has 1 aromatic rings. The summed E-state index contributed by atoms with van der Waals surface area (Å²) >= 11 is 5.87. The highest BCUT2D eigenvalue weighted by atomic mass is 35.5. The van der Waals surface area contributed by atoms with Gasteiger partial charge in [0, 0.05) is 24.5 Å². The Hall–Kier alpha value is -3.06. The van der Waals surface area contributed by atoms with E-state index >= 15 is 0 Å². The fourth-order valence-corrected chi connectivity index (χ4v) is 2.07. The molecular weight excluding hydrogens is 424 g/mol. The highest BCUT2D eigenvalue weighted by Gasteiger charge is 2.12. The average Bonchev–Trinajstić information content (AvgIpc) is 2.79. The van der Waals surface area contributed by atoms with Crippen LogP contribution in [-0.4, -0.2) is 51.1 Å². The molecule has 6 nitrogen and oxygen atoms in total. The minimum Gasteiger partial charge on any atom is -0.323 e. The number of halogens is 1. The standard InChI is InChI=1S/C16H19ClN2O.C6H9N.C2H7N.CH2O/c1-11(10-18)16(12(2)13(3)19(4)20)9-14-5-7-15(17)8-6-14;1-4-6(2)5-7-3;1-3-2;1-2/h5-8,10,18,20H,2-3,9H2,1,4H3;4-5H,1,3H2,2H3;3H,1-2H3;1H2/b16-11-,18-10?;6-5-;;. The largest absolute Gasteiger partial charge is 0.323 e. The Bertz CT molecular complexity index is 795. The number of hydrogen-bond acceptors (Lipinski definition) is 6. The fraction of sp³-hybridized carbons (Fsp3) is 0.240. The second kappa shape index (κ2) is 21.2. The second-order valence-electron chi connectivity index (χ2n) is 6.32. The zero-order valence-electron chi connectivity index (χ0n) is 19.9. The first-order valence-electron chi connectivity index (χ1n) is 9.47. The molecule has 0 saturated carbocycles. The monoisotopic (exact) mass is 460 g/mol. The van der Waals surface area contributed by atoms with Crippen LogP contribution >= 0.6 is 11.6 Å². The predicted molar refractivity (Wildman–Crippen MR) is 140 cm³/mol. The summed E-state index contributed by atoms with van der Waals surface area (Å²) in [5.74, 6) is 0. The molecule has 1 rings (SSSR count). The van der Waals surface area contributed by atoms with Gasteiger partial charge in [0.2, 0.25) is 0 Å². The second-order valence-corrected chi connectivity index (χ2v) is 6.75. The quantitative estimate of drug-likeness (QED) is 0.265. The lowest BCUT2D eigenvalue weighted by Gasteiger charge is -2.20. The van der Waals surface area contributed by atoms with E-state index in [2.05, 4.69) is 36.8 Å². The third kappa shape index (κ3) is 15.7. The third-order valence-corrected chi connectivity index (χ3v) is 3.96. The van der Waals surface area contributed by atoms with Gasteiger partial charge in [0.05, 0.1) is 5.70 Å². The average molecular weight is 461 g/mol. The molecule has 0 amide bonds. The topological polar surface area (TPSA) is 88.8 Å². The van der Waals surface area contributed by atoms with Gasteiger partial charge in [-0.3, -0.25) is 15.3 Å². The summed E-state index contributed by atoms with van der Waals surface area (Å²) in [5.41, 5.74) is 4.78. The number of hydrogen-bond donors (Lipinski definition) is 3. The molecule has 0 atom stereocenters. The molecule has 0 aliphatic heterocycles. The third-order valence-electron chi connectivity index (χ3n) is 3.71. The van der Waals surface area contributed by atoms with Crippen molar-refractivity contribution >= 4 is 31.3 Å². The molecule has 0 unspecified atom stereocenters. The van der Waals surface area contributed by atoms with Crippen LogP contribution in [0.3, 0.4) is 0 Å². The number of likely N-dealkylation sites (N-methyl/N-ethyl adjacent to an activating group) is 1. The molecular formula is C25H37ClN4O2. The van der Waals surface area contributed by atoms with Gasteiger partial charge in [0.1, 0.15) is 6.79 Å². The molecule has 0 bridgehead atoms. The van der Waals surface area contributed by atoms with Gasteiger partial charge in [-0.15, -0.1) is 0 Å². The maximum Gasteiger partial charge on any atom is 0.106 e. The van der Waals surface area contributed by atoms with Gasteiger partial charge in [0.15, 0.2) is 0 Å². The van der Waals surface area contributed by atoms with E-state index in [0.29, 0.717) is 22.7 Å². The van der Waals surface area contributed by atoms with Gasteiger partial charge < -0.3 is 15.5 Å². The molecule has 0 aromatic heterocycles. The normalized spacial score (nSPS) is 10.3. The predicted octanol–water partition coefficient (Wildman–Crippen LogP) is 5.67. The first-order chi connectivity index (χ1) is 15.1. The number of rotatable bonds is 8. The van der Waals surface area contributed by atoms with Crippen LogP contribution in [-0.2, 0) is 11.2 Å². The van der Waals surface area contributed by atoms with Crippen LogP contribution in [0, 0.1) is 5.41 Å². The first kappa shape index (κ1) is 33.6. The van der Waals surface area contributed by atoms with Gasteiger partial charge in [0.25, 0.3) is 0 Å². The molecule has 7 heteroatoms. The summed E-state index contributed by atoms with van der Waals surface area (Å²) in [5, 5.41) is 21.3. The Kier molecular flexibility index (Phi) is 22.2. The van der Waals surface area contributed by atoms with Crippen molar-refractivity contribution in [2.24, 2.45) is 4.99 Å². The van der Waals surface area contributed by atoms with Crippen molar-refractivity contribution in [2.75, 3.05) is 21.1 Å². The summed E-state index contributed by atoms with van der Waals surface area (Å²) in [7, 11) is 5.24. The summed E-state index contributed by atoms with van der Waals surface area (Å²) < 4.78 is 0. The Labute approximate surface area is 198 Å². The lowest BCUT2D eigenvalue weighted by atomic mass is 9.93. The van der Waals surface area contributed by atoms with Crippen LogP contribution in [0.15, 0.2) is 89.3 Å². The van der Waals surface area contributed by atoms with Crippen LogP contribution in [0.4, 0.5) is 0 Å². The number of aliphatic imine (C=N–C) groups is 1. The van der Waals surface area contributed by atoms with Crippen LogP contribution in [0.5, 0.6) is 0 Å². The van der Waals surface area contributed by atoms with E-state index in [4.69, 9.17) is 21.8 Å². The van der Waals surface area contributed by atoms with E-state index in [9.17, 15) is 5.21 Å². The van der Waals surface area contributed by atoms with Gasteiger partial charge in [-0.05, 0) is 81.1 Å². The summed E-state index contributed by atoms with van der Waals surface area (Å²) in [6.45, 7) is 20.3. The molecule has 0 fully saturated rings. The fourth-order valence-electron chi connectivity index (χ4n) is 1.94. The van der Waals surface area contributed by atoms with Crippen LogP contribution in [0.1, 0.15) is 19.4 Å². The zero-order valence-corrected chi connectivity index (χ0v) is 20.7. The van der Waals surface area contributed by atoms with E-state index in [0.717, 1.165) is 27.3 Å². The van der Waals surface area contributed by atoms with Crippen LogP contribution in [0.25, 0.3) is 0 Å². The molecule has 0 radical (unpaired) electrons. The van der Waals surface area contributed by atoms with E-state index < -0.39 is 0 Å². The Balaban J connectivity index is -0.000000583. The van der Waals surface area contributed by atoms with Crippen molar-refractivity contribution < 1.29 is 10.0 Å². The van der Waals surface area contributed by atoms with Gasteiger partial charge in [-0.25, -0.2) is 0 Å². The molecule has 32 heavy (non-hydrogen) atoms. The molecule has 3 N–H and O–H groups in total. The number of nitrogens with one attached hydrogen (secondary N) is 2. The van der Waals surface area contributed by atoms with Gasteiger partial charge in [-0.2, -0.15) is 0 Å². The van der Waals surface area contributed by atoms with Crippen molar-refractivity contribution in [1.29, 1.82) is 5.41 Å². The summed E-state index contributed by atoms with van der Waals surface area (Å²) in [4.78, 5) is 11.5. The lowest BCUT2D eigenvalue weighted by molar-refractivity contribution is -0.0980. The zero-order chi connectivity index (χ0) is 25.7. The highest BCUT2D eigenvalue weighted by Crippen LogP contribution is 2.25. The maximum atomic E-state index is 9.47. The van der Waals surface area contributed by atoms with E-state index in [-0.39, 0.29) is 0 Å². The SMILES string of the molecule is C=C(C(=C)N(C)O)/C(Cc1ccc(Cl)cc1)=C(/C)C=N.C=C/C(C)=C\N=C.C=O.CNC. The molecule has 0 aliphatic carbocycles. The molecule has 176 valence electrons. The van der Waals surface area contributed by atoms with Crippen molar-refractivity contribution in [3.63, 3.8) is 0 Å². The minimum absolute atomic E-state index is 0.412. The lowest BCUT2D eigenvalue weighted by Crippen LogP contribution is -2.14. The Morgan fingerprint density at radius 2 is 1.69 bits per heavy atom. The van der Waals surface area contributed by atoms with E-state index in [1.807, 2.05) is 59.0 Å². The number of allylic oxidation sites excluding steroid dienone is 4. The van der Waals surface area contributed by atoms with Crippen molar-refractivity contribution in [3.05, 3.63) is 94.9 Å². The number of benzene rings is 1. The number of hydroxylamine groups is 2. The molecule has 0 aliphatic rings. The smallest absolute Gasteiger partial charge is 0.106 e. The van der Waals surface area contributed by atoms with Gasteiger partial charge in [-0.1, -0.05) is 49.5 Å². The van der Waals surface area contributed by atoms with E-state index in [1.54, 1.807) is 12.3 Å². The summed E-state index contributed by atoms with van der Waals surface area (Å²) in [6.07, 6.45) is 5.27. The molecule has 0 heterocycles. The van der Waals surface area contributed by atoms with Crippen LogP contribution < -0.4 is 5.32 Å².